The highest BCUT2D eigenvalue weighted by Crippen LogP contribution is 2.27. The predicted octanol–water partition coefficient (Wildman–Crippen LogP) is 3.15. The molecule has 2 aromatic rings. The number of rotatable bonds is 4. The van der Waals surface area contributed by atoms with Gasteiger partial charge in [-0.3, -0.25) is 0 Å². The summed E-state index contributed by atoms with van der Waals surface area (Å²) in [5.74, 6) is 0.454. The van der Waals surface area contributed by atoms with Crippen molar-refractivity contribution < 1.29 is 9.90 Å². The second kappa shape index (κ2) is 4.88. The van der Waals surface area contributed by atoms with Crippen LogP contribution in [-0.2, 0) is 0 Å². The Labute approximate surface area is 111 Å². The number of hydrogen-bond acceptors (Lipinski definition) is 3. The van der Waals surface area contributed by atoms with Gasteiger partial charge in [0.25, 0.3) is 0 Å². The molecular formula is C15H16N2O2. The lowest BCUT2D eigenvalue weighted by molar-refractivity contribution is 0.0699. The van der Waals surface area contributed by atoms with Crippen molar-refractivity contribution in [3.8, 4) is 0 Å². The quantitative estimate of drug-likeness (QED) is 0.882. The smallest absolute Gasteiger partial charge is 0.336 e. The lowest BCUT2D eigenvalue weighted by atomic mass is 9.85. The third kappa shape index (κ3) is 2.38. The van der Waals surface area contributed by atoms with Crippen molar-refractivity contribution >= 4 is 22.7 Å². The maximum atomic E-state index is 11.3. The summed E-state index contributed by atoms with van der Waals surface area (Å²) in [4.78, 5) is 15.8. The monoisotopic (exact) mass is 256 g/mol. The molecule has 1 aromatic carbocycles. The van der Waals surface area contributed by atoms with Gasteiger partial charge in [0.05, 0.1) is 11.1 Å². The number of hydrogen-bond donors (Lipinski definition) is 2. The summed E-state index contributed by atoms with van der Waals surface area (Å²) >= 11 is 0. The number of nitrogens with one attached hydrogen (secondary N) is 1. The van der Waals surface area contributed by atoms with Crippen LogP contribution in [0.5, 0.6) is 0 Å². The molecule has 0 amide bonds. The van der Waals surface area contributed by atoms with Crippen molar-refractivity contribution in [2.75, 3.05) is 11.9 Å². The summed E-state index contributed by atoms with van der Waals surface area (Å²) < 4.78 is 0. The van der Waals surface area contributed by atoms with Gasteiger partial charge in [-0.2, -0.15) is 0 Å². The Morgan fingerprint density at radius 2 is 2.16 bits per heavy atom. The van der Waals surface area contributed by atoms with E-state index in [9.17, 15) is 9.90 Å². The second-order valence-corrected chi connectivity index (χ2v) is 5.06. The van der Waals surface area contributed by atoms with Crippen LogP contribution in [0.25, 0.3) is 10.9 Å². The zero-order valence-electron chi connectivity index (χ0n) is 10.6. The van der Waals surface area contributed by atoms with Crippen molar-refractivity contribution in [1.82, 2.24) is 4.98 Å². The number of carbonyl (C=O) groups is 1. The Balaban J connectivity index is 1.93. The van der Waals surface area contributed by atoms with Gasteiger partial charge in [-0.15, -0.1) is 0 Å². The predicted molar refractivity (Wildman–Crippen MR) is 74.5 cm³/mol. The number of fused-ring (bicyclic) bond motifs is 1. The van der Waals surface area contributed by atoms with E-state index in [4.69, 9.17) is 0 Å². The van der Waals surface area contributed by atoms with Gasteiger partial charge in [-0.05, 0) is 30.9 Å². The first kappa shape index (κ1) is 12.0. The minimum absolute atomic E-state index is 0.307. The number of aromatic carboxylic acids is 1. The van der Waals surface area contributed by atoms with Crippen LogP contribution >= 0.6 is 0 Å². The highest BCUT2D eigenvalue weighted by atomic mass is 16.4. The Kier molecular flexibility index (Phi) is 3.07. The highest BCUT2D eigenvalue weighted by molar-refractivity contribution is 6.03. The maximum Gasteiger partial charge on any atom is 0.336 e. The average Bonchev–Trinajstić information content (AvgIpc) is 2.36. The second-order valence-electron chi connectivity index (χ2n) is 5.06. The summed E-state index contributed by atoms with van der Waals surface area (Å²) in [7, 11) is 0. The number of para-hydroxylation sites is 1. The van der Waals surface area contributed by atoms with Gasteiger partial charge in [0.15, 0.2) is 0 Å². The highest BCUT2D eigenvalue weighted by Gasteiger charge is 2.17. The number of carboxylic acid groups (broad SMARTS) is 1. The summed E-state index contributed by atoms with van der Waals surface area (Å²) in [5, 5.41) is 13.2. The van der Waals surface area contributed by atoms with E-state index in [0.717, 1.165) is 12.1 Å². The van der Waals surface area contributed by atoms with Crippen molar-refractivity contribution in [3.63, 3.8) is 0 Å². The molecule has 1 aromatic heterocycles. The number of benzene rings is 1. The molecule has 0 saturated heterocycles. The SMILES string of the molecule is O=C(O)c1cc(NCC2CCC2)nc2ccccc12. The zero-order chi connectivity index (χ0) is 13.2. The van der Waals surface area contributed by atoms with Gasteiger partial charge in [0.1, 0.15) is 5.82 Å². The third-order valence-corrected chi connectivity index (χ3v) is 3.74. The van der Waals surface area contributed by atoms with Crippen LogP contribution in [0.1, 0.15) is 29.6 Å². The van der Waals surface area contributed by atoms with Crippen LogP contribution in [0.3, 0.4) is 0 Å². The topological polar surface area (TPSA) is 62.2 Å². The van der Waals surface area contributed by atoms with Crippen molar-refractivity contribution in [3.05, 3.63) is 35.9 Å². The lowest BCUT2D eigenvalue weighted by Crippen LogP contribution is -2.21. The summed E-state index contributed by atoms with van der Waals surface area (Å²) in [6.45, 7) is 0.879. The van der Waals surface area contributed by atoms with Gasteiger partial charge in [0.2, 0.25) is 0 Å². The van der Waals surface area contributed by atoms with E-state index in [0.29, 0.717) is 22.7 Å². The average molecular weight is 256 g/mol. The molecule has 0 unspecified atom stereocenters. The van der Waals surface area contributed by atoms with Gasteiger partial charge >= 0.3 is 5.97 Å². The molecule has 1 aliphatic rings. The summed E-state index contributed by atoms with van der Waals surface area (Å²) in [6.07, 6.45) is 3.82. The van der Waals surface area contributed by atoms with E-state index >= 15 is 0 Å². The molecule has 0 spiro atoms. The Morgan fingerprint density at radius 3 is 2.84 bits per heavy atom. The fourth-order valence-electron chi connectivity index (χ4n) is 2.39. The minimum Gasteiger partial charge on any atom is -0.478 e. The van der Waals surface area contributed by atoms with Crippen LogP contribution < -0.4 is 5.32 Å². The standard InChI is InChI=1S/C15H16N2O2/c18-15(19)12-8-14(16-9-10-4-3-5-10)17-13-7-2-1-6-11(12)13/h1-2,6-8,10H,3-5,9H2,(H,16,17)(H,18,19). The first-order chi connectivity index (χ1) is 9.24. The van der Waals surface area contributed by atoms with E-state index in [-0.39, 0.29) is 0 Å². The van der Waals surface area contributed by atoms with Crippen molar-refractivity contribution in [2.24, 2.45) is 5.92 Å². The van der Waals surface area contributed by atoms with Crippen LogP contribution in [0.2, 0.25) is 0 Å². The molecular weight excluding hydrogens is 240 g/mol. The van der Waals surface area contributed by atoms with Gasteiger partial charge in [0, 0.05) is 11.9 Å². The van der Waals surface area contributed by atoms with Gasteiger partial charge in [-0.1, -0.05) is 24.6 Å². The van der Waals surface area contributed by atoms with Crippen LogP contribution in [-0.4, -0.2) is 22.6 Å². The third-order valence-electron chi connectivity index (χ3n) is 3.74. The minimum atomic E-state index is -0.912. The lowest BCUT2D eigenvalue weighted by Gasteiger charge is -2.25. The molecule has 3 rings (SSSR count). The van der Waals surface area contributed by atoms with Crippen LogP contribution in [0, 0.1) is 5.92 Å². The fourth-order valence-corrected chi connectivity index (χ4v) is 2.39. The number of aromatic nitrogens is 1. The Hall–Kier alpha value is -2.10. The maximum absolute atomic E-state index is 11.3. The Morgan fingerprint density at radius 1 is 1.37 bits per heavy atom. The number of anilines is 1. The van der Waals surface area contributed by atoms with Gasteiger partial charge < -0.3 is 10.4 Å². The van der Waals surface area contributed by atoms with E-state index in [1.165, 1.54) is 19.3 Å². The molecule has 19 heavy (non-hydrogen) atoms. The van der Waals surface area contributed by atoms with Gasteiger partial charge in [-0.25, -0.2) is 9.78 Å². The van der Waals surface area contributed by atoms with E-state index in [1.807, 2.05) is 18.2 Å². The van der Waals surface area contributed by atoms with Crippen molar-refractivity contribution in [1.29, 1.82) is 0 Å². The largest absolute Gasteiger partial charge is 0.478 e. The molecule has 4 heteroatoms. The molecule has 0 bridgehead atoms. The van der Waals surface area contributed by atoms with E-state index < -0.39 is 5.97 Å². The first-order valence-electron chi connectivity index (χ1n) is 6.61. The first-order valence-corrected chi connectivity index (χ1v) is 6.61. The molecule has 0 atom stereocenters. The molecule has 98 valence electrons. The summed E-state index contributed by atoms with van der Waals surface area (Å²) in [6, 6.07) is 8.97. The number of nitrogens with zero attached hydrogens (tertiary/aromatic N) is 1. The summed E-state index contributed by atoms with van der Waals surface area (Å²) in [5.41, 5.74) is 1.03. The van der Waals surface area contributed by atoms with Crippen molar-refractivity contribution in [2.45, 2.75) is 19.3 Å². The molecule has 1 heterocycles. The molecule has 2 N–H and O–H groups in total. The molecule has 1 fully saturated rings. The Bertz CT molecular complexity index is 621. The van der Waals surface area contributed by atoms with E-state index in [1.54, 1.807) is 12.1 Å². The molecule has 1 aliphatic carbocycles. The number of pyridine rings is 1. The molecule has 4 nitrogen and oxygen atoms in total. The molecule has 1 saturated carbocycles. The van der Waals surface area contributed by atoms with E-state index in [2.05, 4.69) is 10.3 Å². The normalized spacial score (nSPS) is 15.2. The number of carboxylic acids is 1. The van der Waals surface area contributed by atoms with Crippen LogP contribution in [0.4, 0.5) is 5.82 Å². The van der Waals surface area contributed by atoms with Crippen LogP contribution in [0.15, 0.2) is 30.3 Å². The fraction of sp³-hybridized carbons (Fsp3) is 0.333. The molecule has 0 radical (unpaired) electrons. The zero-order valence-corrected chi connectivity index (χ0v) is 10.6. The molecule has 0 aliphatic heterocycles.